The molecule has 0 aliphatic rings. The zero-order valence-electron chi connectivity index (χ0n) is 6.14. The van der Waals surface area contributed by atoms with Gasteiger partial charge in [0.2, 0.25) is 0 Å². The quantitative estimate of drug-likeness (QED) is 0.260. The molecule has 0 aliphatic heterocycles. The summed E-state index contributed by atoms with van der Waals surface area (Å²) < 4.78 is 4.60. The monoisotopic (exact) mass is 138 g/mol. The van der Waals surface area contributed by atoms with Crippen LogP contribution in [0.1, 0.15) is 19.8 Å². The van der Waals surface area contributed by atoms with Crippen molar-refractivity contribution in [3.8, 4) is 0 Å². The van der Waals surface area contributed by atoms with E-state index in [1.165, 1.54) is 0 Å². The summed E-state index contributed by atoms with van der Waals surface area (Å²) in [6.45, 7) is 5.77. The Balaban J connectivity index is 0. The smallest absolute Gasteiger partial charge is 0.466 e. The largest absolute Gasteiger partial charge is 1.00 e. The molecule has 0 amide bonds. The van der Waals surface area contributed by atoms with Gasteiger partial charge in [-0.3, -0.25) is 4.79 Å². The van der Waals surface area contributed by atoms with Gasteiger partial charge in [-0.15, -0.1) is 0 Å². The van der Waals surface area contributed by atoms with Gasteiger partial charge in [-0.25, -0.2) is 0 Å². The second kappa shape index (κ2) is 8.47. The van der Waals surface area contributed by atoms with Gasteiger partial charge in [-0.05, 0) is 6.92 Å². The topological polar surface area (TPSA) is 26.3 Å². The molecule has 0 aliphatic carbocycles. The standard InChI is InChI=1S/C6H11O2.Na/c1-3-5-6(7)8-4-2;/h1,3-5H2,2H3;/q-1;+1. The maximum atomic E-state index is 10.4. The van der Waals surface area contributed by atoms with Gasteiger partial charge >= 0.3 is 35.5 Å². The Labute approximate surface area is 78.3 Å². The summed E-state index contributed by atoms with van der Waals surface area (Å²) in [4.78, 5) is 10.4. The molecule has 0 atom stereocenters. The van der Waals surface area contributed by atoms with Crippen molar-refractivity contribution in [2.24, 2.45) is 0 Å². The Morgan fingerprint density at radius 2 is 2.22 bits per heavy atom. The summed E-state index contributed by atoms with van der Waals surface area (Å²) in [6, 6.07) is 0. The maximum absolute atomic E-state index is 10.4. The van der Waals surface area contributed by atoms with Crippen molar-refractivity contribution >= 4 is 5.97 Å². The molecule has 0 saturated heterocycles. The predicted molar refractivity (Wildman–Crippen MR) is 31.2 cm³/mol. The minimum Gasteiger partial charge on any atom is -0.466 e. The van der Waals surface area contributed by atoms with Crippen LogP contribution in [0.4, 0.5) is 0 Å². The molecule has 2 nitrogen and oxygen atoms in total. The van der Waals surface area contributed by atoms with E-state index in [1.54, 1.807) is 6.92 Å². The van der Waals surface area contributed by atoms with Crippen molar-refractivity contribution < 1.29 is 39.1 Å². The number of carbonyl (C=O) groups excluding carboxylic acids is 1. The van der Waals surface area contributed by atoms with Crippen LogP contribution in [-0.2, 0) is 9.53 Å². The molecular weight excluding hydrogens is 127 g/mol. The van der Waals surface area contributed by atoms with Crippen LogP contribution in [0.3, 0.4) is 0 Å². The number of carbonyl (C=O) groups is 1. The van der Waals surface area contributed by atoms with Crippen molar-refractivity contribution in [2.45, 2.75) is 19.8 Å². The normalized spacial score (nSPS) is 7.78. The molecule has 9 heavy (non-hydrogen) atoms. The second-order valence-corrected chi connectivity index (χ2v) is 1.41. The van der Waals surface area contributed by atoms with E-state index in [1.807, 2.05) is 0 Å². The first-order chi connectivity index (χ1) is 3.81. The van der Waals surface area contributed by atoms with Gasteiger partial charge in [0.1, 0.15) is 0 Å². The van der Waals surface area contributed by atoms with E-state index in [2.05, 4.69) is 11.7 Å². The van der Waals surface area contributed by atoms with Gasteiger partial charge in [0.25, 0.3) is 0 Å². The van der Waals surface area contributed by atoms with Gasteiger partial charge in [0, 0.05) is 6.42 Å². The fraction of sp³-hybridized carbons (Fsp3) is 0.667. The molecule has 0 heterocycles. The van der Waals surface area contributed by atoms with E-state index in [4.69, 9.17) is 0 Å². The van der Waals surface area contributed by atoms with Gasteiger partial charge in [-0.1, -0.05) is 0 Å². The molecule has 0 radical (unpaired) electrons. The van der Waals surface area contributed by atoms with E-state index >= 15 is 0 Å². The van der Waals surface area contributed by atoms with Gasteiger partial charge in [0.15, 0.2) is 0 Å². The maximum Gasteiger partial charge on any atom is 1.00 e. The van der Waals surface area contributed by atoms with Crippen LogP contribution >= 0.6 is 0 Å². The zero-order chi connectivity index (χ0) is 6.41. The van der Waals surface area contributed by atoms with Crippen LogP contribution in [0.15, 0.2) is 0 Å². The van der Waals surface area contributed by atoms with Crippen LogP contribution in [0, 0.1) is 6.92 Å². The fourth-order valence-corrected chi connectivity index (χ4v) is 0.377. The number of hydrogen-bond donors (Lipinski definition) is 0. The van der Waals surface area contributed by atoms with Crippen LogP contribution < -0.4 is 29.6 Å². The summed E-state index contributed by atoms with van der Waals surface area (Å²) in [6.07, 6.45) is 1.06. The van der Waals surface area contributed by atoms with Crippen molar-refractivity contribution in [3.05, 3.63) is 6.92 Å². The van der Waals surface area contributed by atoms with E-state index in [-0.39, 0.29) is 35.5 Å². The van der Waals surface area contributed by atoms with Crippen molar-refractivity contribution in [1.29, 1.82) is 0 Å². The molecule has 0 spiro atoms. The van der Waals surface area contributed by atoms with E-state index in [0.29, 0.717) is 19.4 Å². The summed E-state index contributed by atoms with van der Waals surface area (Å²) in [5.74, 6) is -0.150. The van der Waals surface area contributed by atoms with Crippen LogP contribution in [-0.4, -0.2) is 12.6 Å². The molecular formula is C6H11NaO2. The fourth-order valence-electron chi connectivity index (χ4n) is 0.377. The molecule has 3 heteroatoms. The minimum absolute atomic E-state index is 0. The summed E-state index contributed by atoms with van der Waals surface area (Å²) in [5.41, 5.74) is 0. The van der Waals surface area contributed by atoms with Crippen molar-refractivity contribution in [3.63, 3.8) is 0 Å². The molecule has 0 aromatic heterocycles. The third-order valence-electron chi connectivity index (χ3n) is 0.686. The SMILES string of the molecule is [CH2-]CCC(=O)OCC.[Na+]. The molecule has 48 valence electrons. The first-order valence-electron chi connectivity index (χ1n) is 2.76. The second-order valence-electron chi connectivity index (χ2n) is 1.41. The van der Waals surface area contributed by atoms with E-state index < -0.39 is 0 Å². The molecule has 0 aromatic rings. The molecule has 0 saturated carbocycles. The minimum atomic E-state index is -0.150. The Morgan fingerprint density at radius 3 is 2.56 bits per heavy atom. The Hall–Kier alpha value is 0.470. The Kier molecular flexibility index (Phi) is 11.5. The summed E-state index contributed by atoms with van der Waals surface area (Å²) in [5, 5.41) is 0. The van der Waals surface area contributed by atoms with Crippen molar-refractivity contribution in [2.75, 3.05) is 6.61 Å². The first-order valence-corrected chi connectivity index (χ1v) is 2.76. The number of hydrogen-bond acceptors (Lipinski definition) is 2. The number of ether oxygens (including phenoxy) is 1. The Morgan fingerprint density at radius 1 is 1.67 bits per heavy atom. The van der Waals surface area contributed by atoms with Gasteiger partial charge < -0.3 is 11.7 Å². The molecule has 0 aromatic carbocycles. The van der Waals surface area contributed by atoms with Gasteiger partial charge in [0.05, 0.1) is 6.61 Å². The van der Waals surface area contributed by atoms with Crippen molar-refractivity contribution in [1.82, 2.24) is 0 Å². The molecule has 0 unspecified atom stereocenters. The van der Waals surface area contributed by atoms with Crippen LogP contribution in [0.25, 0.3) is 0 Å². The third kappa shape index (κ3) is 8.47. The first kappa shape index (κ1) is 12.2. The molecule has 0 N–H and O–H groups in total. The molecule has 0 fully saturated rings. The molecule has 0 bridgehead atoms. The predicted octanol–water partition coefficient (Wildman–Crippen LogP) is -1.83. The molecule has 0 rings (SSSR count). The van der Waals surface area contributed by atoms with Crippen LogP contribution in [0.5, 0.6) is 0 Å². The average Bonchev–Trinajstić information content (AvgIpc) is 1.68. The van der Waals surface area contributed by atoms with Crippen LogP contribution in [0.2, 0.25) is 0 Å². The van der Waals surface area contributed by atoms with E-state index in [0.717, 1.165) is 0 Å². The number of esters is 1. The van der Waals surface area contributed by atoms with Gasteiger partial charge in [-0.2, -0.15) is 6.42 Å². The summed E-state index contributed by atoms with van der Waals surface area (Å²) >= 11 is 0. The van der Waals surface area contributed by atoms with E-state index in [9.17, 15) is 4.79 Å². The average molecular weight is 138 g/mol. The third-order valence-corrected chi connectivity index (χ3v) is 0.686. The zero-order valence-corrected chi connectivity index (χ0v) is 8.14. The summed E-state index contributed by atoms with van der Waals surface area (Å²) in [7, 11) is 0. The Bertz CT molecular complexity index is 65.5. The number of rotatable bonds is 3.